The van der Waals surface area contributed by atoms with Crippen LogP contribution in [0.1, 0.15) is 5.56 Å². The number of nitrogens with one attached hydrogen (secondary N) is 1. The molecule has 0 atom stereocenters. The van der Waals surface area contributed by atoms with Gasteiger partial charge in [-0.3, -0.25) is 0 Å². The minimum Gasteiger partial charge on any atom is -0.493 e. The Labute approximate surface area is 198 Å². The van der Waals surface area contributed by atoms with Crippen LogP contribution in [0.25, 0.3) is 11.3 Å². The van der Waals surface area contributed by atoms with Gasteiger partial charge in [0.05, 0.1) is 30.6 Å². The summed E-state index contributed by atoms with van der Waals surface area (Å²) in [5.74, 6) is 2.08. The number of aryl methyl sites for hydroxylation is 1. The van der Waals surface area contributed by atoms with E-state index in [0.29, 0.717) is 48.4 Å². The van der Waals surface area contributed by atoms with Crippen molar-refractivity contribution in [2.24, 2.45) is 0 Å². The number of urea groups is 1. The quantitative estimate of drug-likeness (QED) is 0.596. The molecule has 4 rings (SSSR count). The van der Waals surface area contributed by atoms with Gasteiger partial charge in [-0.05, 0) is 55.0 Å². The number of carbonyl (C=O) groups is 1. The van der Waals surface area contributed by atoms with Gasteiger partial charge in [0.1, 0.15) is 0 Å². The molecule has 8 nitrogen and oxygen atoms in total. The zero-order valence-electron chi connectivity index (χ0n) is 18.8. The first-order valence-corrected chi connectivity index (χ1v) is 11.0. The van der Waals surface area contributed by atoms with Crippen molar-refractivity contribution in [3.05, 3.63) is 59.1 Å². The molecule has 1 fully saturated rings. The molecule has 0 spiro atoms. The average Bonchev–Trinajstić information content (AvgIpc) is 2.86. The number of nitrogens with zero attached hydrogens (tertiary/aromatic N) is 4. The fraction of sp³-hybridized carbons (Fsp3) is 0.292. The largest absolute Gasteiger partial charge is 0.493 e. The number of rotatable bonds is 5. The lowest BCUT2D eigenvalue weighted by atomic mass is 10.1. The van der Waals surface area contributed by atoms with Crippen LogP contribution in [0.15, 0.2) is 48.5 Å². The summed E-state index contributed by atoms with van der Waals surface area (Å²) in [4.78, 5) is 16.6. The Morgan fingerprint density at radius 2 is 1.70 bits per heavy atom. The van der Waals surface area contributed by atoms with E-state index in [2.05, 4.69) is 20.4 Å². The molecule has 0 aliphatic carbocycles. The first-order valence-electron chi connectivity index (χ1n) is 10.6. The molecule has 1 aromatic heterocycles. The second-order valence-electron chi connectivity index (χ2n) is 7.73. The topological polar surface area (TPSA) is 79.8 Å². The molecule has 2 aromatic carbocycles. The maximum Gasteiger partial charge on any atom is 0.322 e. The van der Waals surface area contributed by atoms with E-state index < -0.39 is 0 Å². The second kappa shape index (κ2) is 9.95. The lowest BCUT2D eigenvalue weighted by Gasteiger charge is -2.35. The van der Waals surface area contributed by atoms with E-state index in [4.69, 9.17) is 21.1 Å². The number of hydrogen-bond donors (Lipinski definition) is 1. The molecule has 1 saturated heterocycles. The van der Waals surface area contributed by atoms with Crippen molar-refractivity contribution in [2.75, 3.05) is 50.6 Å². The van der Waals surface area contributed by atoms with Crippen LogP contribution in [-0.2, 0) is 0 Å². The van der Waals surface area contributed by atoms with E-state index in [1.54, 1.807) is 25.2 Å². The molecule has 2 amide bonds. The zero-order chi connectivity index (χ0) is 23.4. The number of hydrogen-bond acceptors (Lipinski definition) is 6. The van der Waals surface area contributed by atoms with Gasteiger partial charge in [0.15, 0.2) is 17.3 Å². The molecule has 0 radical (unpaired) electrons. The Morgan fingerprint density at radius 3 is 2.36 bits per heavy atom. The van der Waals surface area contributed by atoms with E-state index >= 15 is 0 Å². The summed E-state index contributed by atoms with van der Waals surface area (Å²) < 4.78 is 10.7. The Balaban J connectivity index is 1.37. The van der Waals surface area contributed by atoms with Gasteiger partial charge >= 0.3 is 6.03 Å². The van der Waals surface area contributed by atoms with Crippen LogP contribution < -0.4 is 19.7 Å². The normalized spacial score (nSPS) is 13.6. The maximum atomic E-state index is 12.7. The molecule has 3 aromatic rings. The van der Waals surface area contributed by atoms with E-state index in [0.717, 1.165) is 22.6 Å². The highest BCUT2D eigenvalue weighted by Crippen LogP contribution is 2.31. The summed E-state index contributed by atoms with van der Waals surface area (Å²) in [6, 6.07) is 14.9. The van der Waals surface area contributed by atoms with Crippen molar-refractivity contribution in [1.29, 1.82) is 0 Å². The predicted octanol–water partition coefficient (Wildman–Crippen LogP) is 4.48. The predicted molar refractivity (Wildman–Crippen MR) is 130 cm³/mol. The van der Waals surface area contributed by atoms with Gasteiger partial charge in [-0.2, -0.15) is 0 Å². The van der Waals surface area contributed by atoms with Gasteiger partial charge in [-0.15, -0.1) is 10.2 Å². The molecular formula is C24H26ClN5O3. The first kappa shape index (κ1) is 22.7. The summed E-state index contributed by atoms with van der Waals surface area (Å²) in [6.07, 6.45) is 0. The third-order valence-electron chi connectivity index (χ3n) is 5.58. The minimum atomic E-state index is -0.156. The molecule has 9 heteroatoms. The fourth-order valence-electron chi connectivity index (χ4n) is 3.71. The number of ether oxygens (including phenoxy) is 2. The standard InChI is InChI=1S/C24H26ClN5O3/c1-16-4-6-18(25)20(14-16)26-24(31)30-12-10-29(11-13-30)23-9-7-19(27-28-23)17-5-8-21(32-2)22(15-17)33-3/h4-9,14-15H,10-13H2,1-3H3,(H,26,31). The number of anilines is 2. The van der Waals surface area contributed by atoms with Crippen LogP contribution in [0.2, 0.25) is 5.02 Å². The van der Waals surface area contributed by atoms with Gasteiger partial charge in [0.2, 0.25) is 0 Å². The number of piperazine rings is 1. The summed E-state index contributed by atoms with van der Waals surface area (Å²) in [7, 11) is 3.21. The average molecular weight is 468 g/mol. The summed E-state index contributed by atoms with van der Waals surface area (Å²) >= 11 is 6.20. The van der Waals surface area contributed by atoms with Gasteiger partial charge < -0.3 is 24.6 Å². The molecule has 1 aliphatic heterocycles. The van der Waals surface area contributed by atoms with Crippen LogP contribution in [0, 0.1) is 6.92 Å². The Bertz CT molecular complexity index is 1130. The van der Waals surface area contributed by atoms with Gasteiger partial charge in [-0.1, -0.05) is 17.7 Å². The van der Waals surface area contributed by atoms with Crippen molar-refractivity contribution in [3.63, 3.8) is 0 Å². The molecule has 0 bridgehead atoms. The summed E-state index contributed by atoms with van der Waals surface area (Å²) in [6.45, 7) is 4.45. The molecule has 172 valence electrons. The van der Waals surface area contributed by atoms with Crippen molar-refractivity contribution in [3.8, 4) is 22.8 Å². The second-order valence-corrected chi connectivity index (χ2v) is 8.14. The highest BCUT2D eigenvalue weighted by molar-refractivity contribution is 6.33. The van der Waals surface area contributed by atoms with Crippen molar-refractivity contribution >= 4 is 29.1 Å². The van der Waals surface area contributed by atoms with Gasteiger partial charge in [0.25, 0.3) is 0 Å². The Morgan fingerprint density at radius 1 is 0.939 bits per heavy atom. The lowest BCUT2D eigenvalue weighted by Crippen LogP contribution is -2.50. The van der Waals surface area contributed by atoms with Crippen LogP contribution in [-0.4, -0.2) is 61.5 Å². The molecule has 1 N–H and O–H groups in total. The van der Waals surface area contributed by atoms with Crippen molar-refractivity contribution < 1.29 is 14.3 Å². The molecule has 0 unspecified atom stereocenters. The smallest absolute Gasteiger partial charge is 0.322 e. The van der Waals surface area contributed by atoms with Crippen LogP contribution in [0.3, 0.4) is 0 Å². The van der Waals surface area contributed by atoms with E-state index in [-0.39, 0.29) is 6.03 Å². The highest BCUT2D eigenvalue weighted by atomic mass is 35.5. The minimum absolute atomic E-state index is 0.156. The number of aromatic nitrogens is 2. The third-order valence-corrected chi connectivity index (χ3v) is 5.91. The van der Waals surface area contributed by atoms with Crippen LogP contribution in [0.4, 0.5) is 16.3 Å². The number of methoxy groups -OCH3 is 2. The van der Waals surface area contributed by atoms with Crippen LogP contribution >= 0.6 is 11.6 Å². The number of halogens is 1. The summed E-state index contributed by atoms with van der Waals surface area (Å²) in [5, 5.41) is 12.2. The zero-order valence-corrected chi connectivity index (χ0v) is 19.6. The Hall–Kier alpha value is -3.52. The molecule has 33 heavy (non-hydrogen) atoms. The monoisotopic (exact) mass is 467 g/mol. The molecule has 1 aliphatic rings. The SMILES string of the molecule is COc1ccc(-c2ccc(N3CCN(C(=O)Nc4cc(C)ccc4Cl)CC3)nn2)cc1OC. The van der Waals surface area contributed by atoms with E-state index in [1.165, 1.54) is 0 Å². The number of benzene rings is 2. The fourth-order valence-corrected chi connectivity index (χ4v) is 3.88. The van der Waals surface area contributed by atoms with Crippen LogP contribution in [0.5, 0.6) is 11.5 Å². The lowest BCUT2D eigenvalue weighted by molar-refractivity contribution is 0.208. The number of amides is 2. The van der Waals surface area contributed by atoms with Gasteiger partial charge in [0, 0.05) is 31.7 Å². The van der Waals surface area contributed by atoms with Crippen molar-refractivity contribution in [1.82, 2.24) is 15.1 Å². The van der Waals surface area contributed by atoms with E-state index in [1.807, 2.05) is 49.4 Å². The first-order chi connectivity index (χ1) is 16.0. The number of carbonyl (C=O) groups excluding carboxylic acids is 1. The highest BCUT2D eigenvalue weighted by Gasteiger charge is 2.23. The Kier molecular flexibility index (Phi) is 6.84. The molecule has 0 saturated carbocycles. The molecule has 2 heterocycles. The maximum absolute atomic E-state index is 12.7. The van der Waals surface area contributed by atoms with E-state index in [9.17, 15) is 4.79 Å². The van der Waals surface area contributed by atoms with Crippen molar-refractivity contribution in [2.45, 2.75) is 6.92 Å². The van der Waals surface area contributed by atoms with Gasteiger partial charge in [-0.25, -0.2) is 4.79 Å². The summed E-state index contributed by atoms with van der Waals surface area (Å²) in [5.41, 5.74) is 3.30. The molecular weight excluding hydrogens is 442 g/mol. The third kappa shape index (κ3) is 5.12.